The summed E-state index contributed by atoms with van der Waals surface area (Å²) in [7, 11) is 0. The lowest BCUT2D eigenvalue weighted by molar-refractivity contribution is 0.163. The Balaban J connectivity index is 2.73. The van der Waals surface area contributed by atoms with E-state index in [0.717, 1.165) is 0 Å². The number of hydrogen-bond donors (Lipinski definition) is 3. The molecular formula is C12H19ClN2O. The van der Waals surface area contributed by atoms with Gasteiger partial charge in [-0.15, -0.1) is 0 Å². The van der Waals surface area contributed by atoms with Gasteiger partial charge in [0.2, 0.25) is 0 Å². The lowest BCUT2D eigenvalue weighted by Gasteiger charge is -2.23. The number of anilines is 1. The van der Waals surface area contributed by atoms with E-state index in [1.807, 2.05) is 20.8 Å². The molecule has 0 saturated heterocycles. The number of β-amino-alcohol motifs (C(OH)–C–C–N with tert-alkyl or cyclic N) is 1. The zero-order chi connectivity index (χ0) is 12.3. The topological polar surface area (TPSA) is 58.3 Å². The predicted octanol–water partition coefficient (Wildman–Crippen LogP) is 2.34. The molecule has 90 valence electrons. The molecule has 1 aromatic rings. The van der Waals surface area contributed by atoms with Crippen molar-refractivity contribution in [1.29, 1.82) is 0 Å². The molecule has 3 nitrogen and oxygen atoms in total. The number of benzene rings is 1. The molecule has 0 bridgehead atoms. The smallest absolute Gasteiger partial charge is 0.0929 e. The molecule has 4 heteroatoms. The van der Waals surface area contributed by atoms with Crippen molar-refractivity contribution < 1.29 is 5.11 Å². The van der Waals surface area contributed by atoms with Crippen LogP contribution in [0.2, 0.25) is 5.02 Å². The van der Waals surface area contributed by atoms with Gasteiger partial charge in [-0.25, -0.2) is 0 Å². The Morgan fingerprint density at radius 1 is 1.44 bits per heavy atom. The van der Waals surface area contributed by atoms with Crippen molar-refractivity contribution in [3.63, 3.8) is 0 Å². The van der Waals surface area contributed by atoms with Crippen LogP contribution in [0.1, 0.15) is 32.4 Å². The van der Waals surface area contributed by atoms with Crippen molar-refractivity contribution in [1.82, 2.24) is 5.32 Å². The summed E-state index contributed by atoms with van der Waals surface area (Å²) in [6.07, 6.45) is -0.643. The molecule has 0 spiro atoms. The average molecular weight is 243 g/mol. The number of nitrogens with two attached hydrogens (primary N) is 1. The molecule has 4 N–H and O–H groups in total. The van der Waals surface area contributed by atoms with E-state index in [-0.39, 0.29) is 5.54 Å². The molecule has 0 aromatic heterocycles. The van der Waals surface area contributed by atoms with Crippen LogP contribution >= 0.6 is 11.6 Å². The molecule has 0 aliphatic heterocycles. The van der Waals surface area contributed by atoms with E-state index in [2.05, 4.69) is 5.32 Å². The lowest BCUT2D eigenvalue weighted by atomic mass is 10.1. The molecule has 1 aromatic carbocycles. The van der Waals surface area contributed by atoms with Gasteiger partial charge in [0, 0.05) is 17.6 Å². The quantitative estimate of drug-likeness (QED) is 0.713. The number of hydrogen-bond acceptors (Lipinski definition) is 3. The van der Waals surface area contributed by atoms with Gasteiger partial charge in [-0.05, 0) is 26.8 Å². The molecular weight excluding hydrogens is 224 g/mol. The SMILES string of the molecule is CC(C)(C)NCC(O)c1cccc(N)c1Cl. The Kier molecular flexibility index (Phi) is 4.19. The van der Waals surface area contributed by atoms with Gasteiger partial charge in [-0.3, -0.25) is 0 Å². The molecule has 0 fully saturated rings. The fourth-order valence-corrected chi connectivity index (χ4v) is 1.59. The van der Waals surface area contributed by atoms with Crippen LogP contribution in [-0.2, 0) is 0 Å². The van der Waals surface area contributed by atoms with Crippen LogP contribution in [0, 0.1) is 0 Å². The summed E-state index contributed by atoms with van der Waals surface area (Å²) in [4.78, 5) is 0. The van der Waals surface area contributed by atoms with E-state index in [0.29, 0.717) is 22.8 Å². The summed E-state index contributed by atoms with van der Waals surface area (Å²) in [5.74, 6) is 0. The van der Waals surface area contributed by atoms with Crippen LogP contribution in [0.3, 0.4) is 0 Å². The molecule has 0 aliphatic rings. The maximum absolute atomic E-state index is 9.99. The van der Waals surface area contributed by atoms with Gasteiger partial charge < -0.3 is 16.2 Å². The Morgan fingerprint density at radius 3 is 2.62 bits per heavy atom. The second-order valence-electron chi connectivity index (χ2n) is 4.90. The van der Waals surface area contributed by atoms with E-state index < -0.39 is 6.10 Å². The highest BCUT2D eigenvalue weighted by Crippen LogP contribution is 2.28. The Bertz CT molecular complexity index is 361. The van der Waals surface area contributed by atoms with Gasteiger partial charge >= 0.3 is 0 Å². The van der Waals surface area contributed by atoms with Gasteiger partial charge in [-0.2, -0.15) is 0 Å². The van der Waals surface area contributed by atoms with Crippen LogP contribution in [0.25, 0.3) is 0 Å². The predicted molar refractivity (Wildman–Crippen MR) is 68.6 cm³/mol. The third kappa shape index (κ3) is 3.67. The highest BCUT2D eigenvalue weighted by molar-refractivity contribution is 6.33. The molecule has 1 rings (SSSR count). The molecule has 0 saturated carbocycles. The third-order valence-corrected chi connectivity index (χ3v) is 2.68. The number of aliphatic hydroxyl groups excluding tert-OH is 1. The monoisotopic (exact) mass is 242 g/mol. The molecule has 0 radical (unpaired) electrons. The summed E-state index contributed by atoms with van der Waals surface area (Å²) < 4.78 is 0. The van der Waals surface area contributed by atoms with Crippen LogP contribution in [0.5, 0.6) is 0 Å². The molecule has 1 atom stereocenters. The van der Waals surface area contributed by atoms with E-state index in [1.54, 1.807) is 18.2 Å². The van der Waals surface area contributed by atoms with Gasteiger partial charge in [0.25, 0.3) is 0 Å². The van der Waals surface area contributed by atoms with Crippen molar-refractivity contribution in [2.45, 2.75) is 32.4 Å². The number of rotatable bonds is 3. The number of nitrogens with one attached hydrogen (secondary N) is 1. The third-order valence-electron chi connectivity index (χ3n) is 2.24. The second kappa shape index (κ2) is 5.04. The normalized spacial score (nSPS) is 13.8. The minimum Gasteiger partial charge on any atom is -0.398 e. The second-order valence-corrected chi connectivity index (χ2v) is 5.28. The van der Waals surface area contributed by atoms with Crippen LogP contribution < -0.4 is 11.1 Å². The van der Waals surface area contributed by atoms with Crippen molar-refractivity contribution >= 4 is 17.3 Å². The van der Waals surface area contributed by atoms with Crippen molar-refractivity contribution in [3.8, 4) is 0 Å². The maximum Gasteiger partial charge on any atom is 0.0929 e. The summed E-state index contributed by atoms with van der Waals surface area (Å²) in [5, 5.41) is 13.6. The average Bonchev–Trinajstić information content (AvgIpc) is 2.17. The van der Waals surface area contributed by atoms with E-state index in [1.165, 1.54) is 0 Å². The summed E-state index contributed by atoms with van der Waals surface area (Å²) in [6, 6.07) is 5.29. The fraction of sp³-hybridized carbons (Fsp3) is 0.500. The number of aliphatic hydroxyl groups is 1. The first-order valence-electron chi connectivity index (χ1n) is 5.28. The van der Waals surface area contributed by atoms with Crippen molar-refractivity contribution in [3.05, 3.63) is 28.8 Å². The first-order valence-corrected chi connectivity index (χ1v) is 5.66. The number of halogens is 1. The minimum absolute atomic E-state index is 0.0339. The van der Waals surface area contributed by atoms with Gasteiger partial charge in [0.1, 0.15) is 0 Å². The van der Waals surface area contributed by atoms with Crippen molar-refractivity contribution in [2.24, 2.45) is 0 Å². The zero-order valence-corrected chi connectivity index (χ0v) is 10.7. The summed E-state index contributed by atoms with van der Waals surface area (Å²) in [5.41, 5.74) is 6.80. The van der Waals surface area contributed by atoms with Crippen LogP contribution in [-0.4, -0.2) is 17.2 Å². The first-order chi connectivity index (χ1) is 7.31. The largest absolute Gasteiger partial charge is 0.398 e. The maximum atomic E-state index is 9.99. The van der Waals surface area contributed by atoms with E-state index in [4.69, 9.17) is 17.3 Å². The Hall–Kier alpha value is -0.770. The minimum atomic E-state index is -0.643. The van der Waals surface area contributed by atoms with Gasteiger partial charge in [0.15, 0.2) is 0 Å². The highest BCUT2D eigenvalue weighted by atomic mass is 35.5. The summed E-state index contributed by atoms with van der Waals surface area (Å²) in [6.45, 7) is 6.58. The zero-order valence-electron chi connectivity index (χ0n) is 9.92. The lowest BCUT2D eigenvalue weighted by Crippen LogP contribution is -2.38. The van der Waals surface area contributed by atoms with Crippen LogP contribution in [0.4, 0.5) is 5.69 Å². The Labute approximate surface area is 102 Å². The van der Waals surface area contributed by atoms with Crippen molar-refractivity contribution in [2.75, 3.05) is 12.3 Å². The highest BCUT2D eigenvalue weighted by Gasteiger charge is 2.16. The van der Waals surface area contributed by atoms with Gasteiger partial charge in [-0.1, -0.05) is 23.7 Å². The molecule has 0 aliphatic carbocycles. The van der Waals surface area contributed by atoms with Crippen LogP contribution in [0.15, 0.2) is 18.2 Å². The first kappa shape index (κ1) is 13.3. The molecule has 1 unspecified atom stereocenters. The van der Waals surface area contributed by atoms with Gasteiger partial charge in [0.05, 0.1) is 16.8 Å². The fourth-order valence-electron chi connectivity index (χ4n) is 1.34. The number of nitrogen functional groups attached to an aromatic ring is 1. The molecule has 16 heavy (non-hydrogen) atoms. The molecule has 0 heterocycles. The van der Waals surface area contributed by atoms with E-state index in [9.17, 15) is 5.11 Å². The Morgan fingerprint density at radius 2 is 2.06 bits per heavy atom. The molecule has 0 amide bonds. The summed E-state index contributed by atoms with van der Waals surface area (Å²) >= 11 is 6.03. The standard InChI is InChI=1S/C12H19ClN2O/c1-12(2,3)15-7-10(16)8-5-4-6-9(14)11(8)13/h4-6,10,15-16H,7,14H2,1-3H3. The van der Waals surface area contributed by atoms with E-state index >= 15 is 0 Å².